The van der Waals surface area contributed by atoms with Crippen molar-refractivity contribution in [2.24, 2.45) is 0 Å². The fraction of sp³-hybridized carbons (Fsp3) is 0.250. The Morgan fingerprint density at radius 3 is 2.63 bits per heavy atom. The van der Waals surface area contributed by atoms with Gasteiger partial charge >= 0.3 is 0 Å². The molecule has 0 saturated heterocycles. The molecule has 1 aromatic carbocycles. The van der Waals surface area contributed by atoms with Crippen LogP contribution in [0, 0.1) is 0 Å². The van der Waals surface area contributed by atoms with Crippen molar-refractivity contribution in [2.45, 2.75) is 13.1 Å². The lowest BCUT2D eigenvalue weighted by atomic mass is 10.0. The normalized spacial score (nSPS) is 10.1. The van der Waals surface area contributed by atoms with Gasteiger partial charge < -0.3 is 25.0 Å². The minimum Gasteiger partial charge on any atom is -0.483 e. The first-order chi connectivity index (χ1) is 14.5. The van der Waals surface area contributed by atoms with Crippen molar-refractivity contribution < 1.29 is 19.4 Å². The summed E-state index contributed by atoms with van der Waals surface area (Å²) in [7, 11) is 3.38. The molecule has 0 fully saturated rings. The molecule has 2 aromatic heterocycles. The van der Waals surface area contributed by atoms with Crippen molar-refractivity contribution in [3.8, 4) is 11.1 Å². The van der Waals surface area contributed by atoms with Crippen molar-refractivity contribution in [3.63, 3.8) is 0 Å². The number of nitrogens with two attached hydrogens (primary N) is 1. The van der Waals surface area contributed by atoms with Gasteiger partial charge in [-0.15, -0.1) is 10.2 Å². The maximum absolute atomic E-state index is 12.7. The zero-order chi connectivity index (χ0) is 21.9. The molecule has 2 heterocycles. The molecule has 10 nitrogen and oxygen atoms in total. The van der Waals surface area contributed by atoms with Crippen LogP contribution in [0.25, 0.3) is 11.1 Å². The van der Waals surface area contributed by atoms with E-state index in [0.717, 1.165) is 11.1 Å². The summed E-state index contributed by atoms with van der Waals surface area (Å²) < 4.78 is 6.95. The molecule has 3 rings (SSSR count). The van der Waals surface area contributed by atoms with Crippen LogP contribution in [0.3, 0.4) is 0 Å². The Labute approximate surface area is 173 Å². The molecule has 0 aliphatic carbocycles. The third-order valence-electron chi connectivity index (χ3n) is 4.25. The topological polar surface area (TPSA) is 136 Å². The molecule has 1 amide bonds. The number of benzene rings is 1. The number of carbonyl (C=O) groups is 2. The standard InChI is InChI=1S/C19H22N6O2.CH2O2/c1-24(12-18-23-22-13-25(18)9-10-27-2)19(26)15-5-3-14(4-6-15)16-11-21-8-7-17(16)20;2-1-3/h3-8,11,13H,9-10,12H2,1-2H3,(H2,20,21);1H,(H,2,3). The van der Waals surface area contributed by atoms with Crippen LogP contribution in [0.5, 0.6) is 0 Å². The number of ether oxygens (including phenoxy) is 1. The summed E-state index contributed by atoms with van der Waals surface area (Å²) in [6.45, 7) is 1.31. The van der Waals surface area contributed by atoms with E-state index in [0.29, 0.717) is 36.8 Å². The summed E-state index contributed by atoms with van der Waals surface area (Å²) in [5.74, 6) is 0.615. The summed E-state index contributed by atoms with van der Waals surface area (Å²) in [5, 5.41) is 14.9. The van der Waals surface area contributed by atoms with E-state index in [1.54, 1.807) is 56.0 Å². The average molecular weight is 412 g/mol. The summed E-state index contributed by atoms with van der Waals surface area (Å²) in [4.78, 5) is 26.8. The van der Waals surface area contributed by atoms with E-state index >= 15 is 0 Å². The maximum atomic E-state index is 12.7. The fourth-order valence-electron chi connectivity index (χ4n) is 2.72. The number of carbonyl (C=O) groups excluding carboxylic acids is 1. The summed E-state index contributed by atoms with van der Waals surface area (Å²) in [6.07, 6.45) is 5.00. The molecule has 0 saturated carbocycles. The van der Waals surface area contributed by atoms with Gasteiger partial charge in [0.25, 0.3) is 12.4 Å². The fourth-order valence-corrected chi connectivity index (χ4v) is 2.72. The first-order valence-corrected chi connectivity index (χ1v) is 9.00. The molecule has 0 bridgehead atoms. The molecule has 30 heavy (non-hydrogen) atoms. The van der Waals surface area contributed by atoms with Gasteiger partial charge in [0.05, 0.1) is 13.2 Å². The molecular weight excluding hydrogens is 388 g/mol. The third-order valence-corrected chi connectivity index (χ3v) is 4.25. The lowest BCUT2D eigenvalue weighted by Crippen LogP contribution is -2.28. The second-order valence-corrected chi connectivity index (χ2v) is 6.24. The number of rotatable bonds is 7. The Hall–Kier alpha value is -3.79. The number of carboxylic acid groups (broad SMARTS) is 1. The number of pyridine rings is 1. The predicted octanol–water partition coefficient (Wildman–Crippen LogP) is 1.54. The summed E-state index contributed by atoms with van der Waals surface area (Å²) in [5.41, 5.74) is 8.98. The molecule has 3 N–H and O–H groups in total. The van der Waals surface area contributed by atoms with Crippen LogP contribution < -0.4 is 5.73 Å². The summed E-state index contributed by atoms with van der Waals surface area (Å²) in [6, 6.07) is 9.07. The molecule has 0 aliphatic rings. The average Bonchev–Trinajstić information content (AvgIpc) is 3.19. The molecule has 3 aromatic rings. The number of nitrogens with zero attached hydrogens (tertiary/aromatic N) is 5. The Balaban J connectivity index is 0.00000101. The Morgan fingerprint density at radius 1 is 1.30 bits per heavy atom. The monoisotopic (exact) mass is 412 g/mol. The third kappa shape index (κ3) is 5.85. The first-order valence-electron chi connectivity index (χ1n) is 9.00. The molecule has 0 atom stereocenters. The molecule has 0 spiro atoms. The number of hydrogen-bond donors (Lipinski definition) is 2. The van der Waals surface area contributed by atoms with Gasteiger partial charge in [0.1, 0.15) is 6.33 Å². The Morgan fingerprint density at radius 2 is 2.00 bits per heavy atom. The highest BCUT2D eigenvalue weighted by Crippen LogP contribution is 2.24. The van der Waals surface area contributed by atoms with Crippen molar-refractivity contribution in [2.75, 3.05) is 26.5 Å². The van der Waals surface area contributed by atoms with Crippen molar-refractivity contribution in [3.05, 3.63) is 60.4 Å². The van der Waals surface area contributed by atoms with E-state index in [1.807, 2.05) is 16.7 Å². The number of amides is 1. The van der Waals surface area contributed by atoms with E-state index in [1.165, 1.54) is 0 Å². The van der Waals surface area contributed by atoms with E-state index in [9.17, 15) is 4.79 Å². The van der Waals surface area contributed by atoms with Gasteiger partial charge in [-0.3, -0.25) is 14.6 Å². The van der Waals surface area contributed by atoms with Gasteiger partial charge in [-0.1, -0.05) is 12.1 Å². The van der Waals surface area contributed by atoms with Crippen LogP contribution >= 0.6 is 0 Å². The van der Waals surface area contributed by atoms with E-state index in [-0.39, 0.29) is 12.4 Å². The van der Waals surface area contributed by atoms with Gasteiger partial charge in [0.15, 0.2) is 5.82 Å². The zero-order valence-corrected chi connectivity index (χ0v) is 16.8. The van der Waals surface area contributed by atoms with Crippen LogP contribution in [-0.2, 0) is 22.6 Å². The minimum absolute atomic E-state index is 0.0954. The lowest BCUT2D eigenvalue weighted by molar-refractivity contribution is -0.122. The van der Waals surface area contributed by atoms with E-state index < -0.39 is 0 Å². The molecule has 0 aliphatic heterocycles. The molecule has 0 unspecified atom stereocenters. The summed E-state index contributed by atoms with van der Waals surface area (Å²) >= 11 is 0. The smallest absolute Gasteiger partial charge is 0.290 e. The van der Waals surface area contributed by atoms with Crippen molar-refractivity contribution in [1.29, 1.82) is 0 Å². The second kappa shape index (κ2) is 11.3. The highest BCUT2D eigenvalue weighted by Gasteiger charge is 2.15. The predicted molar refractivity (Wildman–Crippen MR) is 110 cm³/mol. The van der Waals surface area contributed by atoms with Gasteiger partial charge in [0, 0.05) is 49.9 Å². The largest absolute Gasteiger partial charge is 0.483 e. The van der Waals surface area contributed by atoms with Gasteiger partial charge in [0.2, 0.25) is 0 Å². The molecule has 0 radical (unpaired) electrons. The maximum Gasteiger partial charge on any atom is 0.290 e. The minimum atomic E-state index is -0.250. The number of aromatic nitrogens is 4. The molecule has 10 heteroatoms. The second-order valence-electron chi connectivity index (χ2n) is 6.24. The van der Waals surface area contributed by atoms with Crippen LogP contribution in [0.15, 0.2) is 49.1 Å². The van der Waals surface area contributed by atoms with Crippen LogP contribution in [0.1, 0.15) is 16.2 Å². The first kappa shape index (κ1) is 22.5. The Bertz CT molecular complexity index is 958. The quantitative estimate of drug-likeness (QED) is 0.558. The SMILES string of the molecule is COCCn1cnnc1CN(C)C(=O)c1ccc(-c2cnccc2N)cc1.O=CO. The van der Waals surface area contributed by atoms with E-state index in [2.05, 4.69) is 15.2 Å². The number of methoxy groups -OCH3 is 1. The van der Waals surface area contributed by atoms with Crippen molar-refractivity contribution >= 4 is 18.1 Å². The highest BCUT2D eigenvalue weighted by atomic mass is 16.5. The number of anilines is 1. The van der Waals surface area contributed by atoms with E-state index in [4.69, 9.17) is 20.4 Å². The zero-order valence-electron chi connectivity index (χ0n) is 16.8. The Kier molecular flexibility index (Phi) is 8.45. The van der Waals surface area contributed by atoms with Crippen molar-refractivity contribution in [1.82, 2.24) is 24.6 Å². The lowest BCUT2D eigenvalue weighted by Gasteiger charge is -2.17. The van der Waals surface area contributed by atoms with Gasteiger partial charge in [-0.25, -0.2) is 0 Å². The van der Waals surface area contributed by atoms with Crippen LogP contribution in [0.4, 0.5) is 5.69 Å². The molecule has 158 valence electrons. The van der Waals surface area contributed by atoms with Gasteiger partial charge in [-0.2, -0.15) is 0 Å². The van der Waals surface area contributed by atoms with Gasteiger partial charge in [-0.05, 0) is 23.8 Å². The van der Waals surface area contributed by atoms with Crippen LogP contribution in [-0.4, -0.2) is 62.9 Å². The highest BCUT2D eigenvalue weighted by molar-refractivity contribution is 5.94. The van der Waals surface area contributed by atoms with Crippen LogP contribution in [0.2, 0.25) is 0 Å². The number of hydrogen-bond acceptors (Lipinski definition) is 7. The molecular formula is C20H24N6O4. The number of nitrogen functional groups attached to an aromatic ring is 1.